The summed E-state index contributed by atoms with van der Waals surface area (Å²) in [5.74, 6) is -0.202. The van der Waals surface area contributed by atoms with Crippen LogP contribution in [0.25, 0.3) is 0 Å². The van der Waals surface area contributed by atoms with E-state index >= 15 is 0 Å². The van der Waals surface area contributed by atoms with Gasteiger partial charge < -0.3 is 5.73 Å². The molecule has 0 spiro atoms. The number of aliphatic imine (C=N–C) groups is 1. The number of halogens is 2. The average molecular weight is 356 g/mol. The van der Waals surface area contributed by atoms with E-state index in [1.807, 2.05) is 24.3 Å². The van der Waals surface area contributed by atoms with Crippen LogP contribution >= 0.6 is 31.9 Å². The van der Waals surface area contributed by atoms with E-state index in [0.717, 1.165) is 10.2 Å². The number of allylic oxidation sites excluding steroid dienone is 3. The van der Waals surface area contributed by atoms with Crippen molar-refractivity contribution in [2.45, 2.75) is 0 Å². The zero-order valence-electron chi connectivity index (χ0n) is 8.65. The first-order valence-corrected chi connectivity index (χ1v) is 6.38. The molecule has 0 unspecified atom stereocenters. The summed E-state index contributed by atoms with van der Waals surface area (Å²) < 4.78 is 1.63. The van der Waals surface area contributed by atoms with E-state index in [-0.39, 0.29) is 11.5 Å². The summed E-state index contributed by atoms with van der Waals surface area (Å²) in [6, 6.07) is 7.55. The van der Waals surface area contributed by atoms with E-state index < -0.39 is 0 Å². The van der Waals surface area contributed by atoms with Gasteiger partial charge in [-0.1, -0.05) is 15.9 Å². The highest BCUT2D eigenvalue weighted by Gasteiger charge is 2.14. The van der Waals surface area contributed by atoms with Crippen LogP contribution in [-0.4, -0.2) is 11.5 Å². The van der Waals surface area contributed by atoms with Crippen molar-refractivity contribution in [1.82, 2.24) is 0 Å². The second-order valence-corrected chi connectivity index (χ2v) is 5.20. The predicted molar refractivity (Wildman–Crippen MR) is 75.5 cm³/mol. The number of carbonyl (C=O) groups excluding carboxylic acids is 1. The van der Waals surface area contributed by atoms with Gasteiger partial charge in [0, 0.05) is 15.0 Å². The summed E-state index contributed by atoms with van der Waals surface area (Å²) >= 11 is 6.65. The second kappa shape index (κ2) is 4.98. The Morgan fingerprint density at radius 1 is 1.06 bits per heavy atom. The van der Waals surface area contributed by atoms with E-state index in [2.05, 4.69) is 36.9 Å². The summed E-state index contributed by atoms with van der Waals surface area (Å²) in [6.07, 6.45) is 2.99. The van der Waals surface area contributed by atoms with E-state index in [9.17, 15) is 4.79 Å². The number of rotatable bonds is 1. The fraction of sp³-hybridized carbons (Fsp3) is 0. The van der Waals surface area contributed by atoms with Gasteiger partial charge in [-0.3, -0.25) is 4.79 Å². The van der Waals surface area contributed by atoms with Crippen LogP contribution in [0.5, 0.6) is 0 Å². The van der Waals surface area contributed by atoms with Crippen molar-refractivity contribution < 1.29 is 4.79 Å². The summed E-state index contributed by atoms with van der Waals surface area (Å²) in [5.41, 5.74) is 7.21. The average Bonchev–Trinajstić information content (AvgIpc) is 2.29. The molecule has 2 N–H and O–H groups in total. The highest BCUT2D eigenvalue weighted by atomic mass is 79.9. The summed E-state index contributed by atoms with van der Waals surface area (Å²) in [4.78, 5) is 15.7. The number of nitrogens with zero attached hydrogens (tertiary/aromatic N) is 1. The SMILES string of the molecule is NC1=CC(=Nc2ccc(Br)cc2)C(Br)=CC1=O. The minimum atomic E-state index is -0.202. The van der Waals surface area contributed by atoms with Gasteiger partial charge in [0.2, 0.25) is 5.78 Å². The van der Waals surface area contributed by atoms with Gasteiger partial charge >= 0.3 is 0 Å². The van der Waals surface area contributed by atoms with Crippen LogP contribution in [0.4, 0.5) is 5.69 Å². The number of benzene rings is 1. The van der Waals surface area contributed by atoms with Crippen molar-refractivity contribution in [3.05, 3.63) is 51.1 Å². The van der Waals surface area contributed by atoms with Crippen LogP contribution in [0.3, 0.4) is 0 Å². The minimum absolute atomic E-state index is 0.198. The van der Waals surface area contributed by atoms with Crippen LogP contribution in [0, 0.1) is 0 Å². The van der Waals surface area contributed by atoms with Gasteiger partial charge in [-0.15, -0.1) is 0 Å². The lowest BCUT2D eigenvalue weighted by Crippen LogP contribution is -2.16. The molecule has 1 aliphatic rings. The quantitative estimate of drug-likeness (QED) is 0.786. The van der Waals surface area contributed by atoms with Crippen LogP contribution in [0.1, 0.15) is 0 Å². The zero-order valence-corrected chi connectivity index (χ0v) is 11.8. The third kappa shape index (κ3) is 2.92. The Labute approximate surface area is 115 Å². The molecule has 0 saturated carbocycles. The van der Waals surface area contributed by atoms with Crippen molar-refractivity contribution in [3.8, 4) is 0 Å². The Bertz CT molecular complexity index is 556. The molecule has 0 atom stereocenters. The van der Waals surface area contributed by atoms with Crippen molar-refractivity contribution >= 4 is 49.0 Å². The normalized spacial score (nSPS) is 18.0. The number of nitrogens with two attached hydrogens (primary N) is 1. The minimum Gasteiger partial charge on any atom is -0.396 e. The molecule has 0 fully saturated rings. The molecule has 1 aromatic rings. The fourth-order valence-corrected chi connectivity index (χ4v) is 1.98. The topological polar surface area (TPSA) is 55.4 Å². The smallest absolute Gasteiger partial charge is 0.202 e. The Kier molecular flexibility index (Phi) is 3.59. The molecular formula is C12H8Br2N2O. The molecule has 86 valence electrons. The Balaban J connectivity index is 2.37. The van der Waals surface area contributed by atoms with Crippen LogP contribution in [0.15, 0.2) is 56.1 Å². The molecule has 0 bridgehead atoms. The molecule has 1 aliphatic carbocycles. The van der Waals surface area contributed by atoms with E-state index in [0.29, 0.717) is 10.2 Å². The maximum Gasteiger partial charge on any atom is 0.202 e. The summed E-state index contributed by atoms with van der Waals surface area (Å²) in [5, 5.41) is 0. The second-order valence-electron chi connectivity index (χ2n) is 3.43. The first-order valence-electron chi connectivity index (χ1n) is 4.79. The van der Waals surface area contributed by atoms with Gasteiger partial charge in [0.25, 0.3) is 0 Å². The Morgan fingerprint density at radius 2 is 1.71 bits per heavy atom. The lowest BCUT2D eigenvalue weighted by molar-refractivity contribution is -0.111. The molecule has 3 nitrogen and oxygen atoms in total. The molecule has 0 amide bonds. The van der Waals surface area contributed by atoms with Gasteiger partial charge in [0.15, 0.2) is 0 Å². The van der Waals surface area contributed by atoms with Crippen molar-refractivity contribution in [3.63, 3.8) is 0 Å². The van der Waals surface area contributed by atoms with Gasteiger partial charge in [0.1, 0.15) is 0 Å². The third-order valence-corrected chi connectivity index (χ3v) is 3.32. The maximum absolute atomic E-state index is 11.3. The first-order chi connectivity index (χ1) is 8.06. The van der Waals surface area contributed by atoms with Gasteiger partial charge in [-0.25, -0.2) is 4.99 Å². The molecule has 5 heteroatoms. The predicted octanol–water partition coefficient (Wildman–Crippen LogP) is 3.23. The first kappa shape index (κ1) is 12.3. The Hall–Kier alpha value is -1.20. The molecule has 0 radical (unpaired) electrons. The van der Waals surface area contributed by atoms with E-state index in [1.165, 1.54) is 6.08 Å². The molecule has 1 aromatic carbocycles. The molecule has 2 rings (SSSR count). The number of carbonyl (C=O) groups is 1. The lowest BCUT2D eigenvalue weighted by Gasteiger charge is -2.07. The standard InChI is InChI=1S/C12H8Br2N2O/c13-7-1-3-8(4-2-7)16-11-6-10(15)12(17)5-9(11)14/h1-6H,15H2. The molecule has 17 heavy (non-hydrogen) atoms. The summed E-state index contributed by atoms with van der Waals surface area (Å²) in [6.45, 7) is 0. The summed E-state index contributed by atoms with van der Waals surface area (Å²) in [7, 11) is 0. The zero-order chi connectivity index (χ0) is 12.4. The number of hydrogen-bond donors (Lipinski definition) is 1. The van der Waals surface area contributed by atoms with Crippen molar-refractivity contribution in [1.29, 1.82) is 0 Å². The van der Waals surface area contributed by atoms with Crippen LogP contribution < -0.4 is 5.73 Å². The molecule has 0 aliphatic heterocycles. The van der Waals surface area contributed by atoms with Crippen molar-refractivity contribution in [2.75, 3.05) is 0 Å². The van der Waals surface area contributed by atoms with Gasteiger partial charge in [-0.2, -0.15) is 0 Å². The Morgan fingerprint density at radius 3 is 2.35 bits per heavy atom. The van der Waals surface area contributed by atoms with E-state index in [1.54, 1.807) is 6.08 Å². The molecular weight excluding hydrogens is 348 g/mol. The number of hydrogen-bond acceptors (Lipinski definition) is 3. The largest absolute Gasteiger partial charge is 0.396 e. The fourth-order valence-electron chi connectivity index (χ4n) is 1.30. The van der Waals surface area contributed by atoms with Crippen LogP contribution in [-0.2, 0) is 4.79 Å². The highest BCUT2D eigenvalue weighted by Crippen LogP contribution is 2.22. The maximum atomic E-state index is 11.3. The monoisotopic (exact) mass is 354 g/mol. The third-order valence-electron chi connectivity index (χ3n) is 2.16. The molecule has 0 heterocycles. The van der Waals surface area contributed by atoms with Crippen molar-refractivity contribution in [2.24, 2.45) is 10.7 Å². The lowest BCUT2D eigenvalue weighted by atomic mass is 10.1. The van der Waals surface area contributed by atoms with Gasteiger partial charge in [0.05, 0.1) is 17.1 Å². The van der Waals surface area contributed by atoms with Crippen LogP contribution in [0.2, 0.25) is 0 Å². The number of ketones is 1. The highest BCUT2D eigenvalue weighted by molar-refractivity contribution is 9.12. The molecule has 0 aromatic heterocycles. The van der Waals surface area contributed by atoms with Gasteiger partial charge in [-0.05, 0) is 46.3 Å². The van der Waals surface area contributed by atoms with E-state index in [4.69, 9.17) is 5.73 Å². The molecule has 0 saturated heterocycles.